The molecule has 108 valence electrons. The fourth-order valence-electron chi connectivity index (χ4n) is 2.58. The summed E-state index contributed by atoms with van der Waals surface area (Å²) < 4.78 is 0. The van der Waals surface area contributed by atoms with Crippen LogP contribution in [0.4, 0.5) is 5.82 Å². The van der Waals surface area contributed by atoms with Gasteiger partial charge in [0, 0.05) is 38.8 Å². The average molecular weight is 275 g/mol. The van der Waals surface area contributed by atoms with Gasteiger partial charge in [0.2, 0.25) is 0 Å². The van der Waals surface area contributed by atoms with Crippen molar-refractivity contribution >= 4 is 16.9 Å². The van der Waals surface area contributed by atoms with Gasteiger partial charge in [0.15, 0.2) is 5.65 Å². The molecule has 1 unspecified atom stereocenters. The first-order valence-electron chi connectivity index (χ1n) is 7.04. The fraction of sp³-hybridized carbons (Fsp3) is 0.615. The molecule has 20 heavy (non-hydrogen) atoms. The van der Waals surface area contributed by atoms with E-state index in [-0.39, 0.29) is 0 Å². The lowest BCUT2D eigenvalue weighted by Crippen LogP contribution is -2.47. The van der Waals surface area contributed by atoms with E-state index in [1.165, 1.54) is 0 Å². The van der Waals surface area contributed by atoms with Gasteiger partial charge >= 0.3 is 0 Å². The van der Waals surface area contributed by atoms with Crippen molar-refractivity contribution < 1.29 is 0 Å². The topological polar surface area (TPSA) is 73.0 Å². The monoisotopic (exact) mass is 275 g/mol. The molecule has 3 rings (SSSR count). The normalized spacial score (nSPS) is 19.3. The van der Waals surface area contributed by atoms with E-state index in [2.05, 4.69) is 49.3 Å². The lowest BCUT2D eigenvalue weighted by atomic mass is 10.2. The number of hydrogen-bond donors (Lipinski definition) is 2. The van der Waals surface area contributed by atoms with Crippen LogP contribution in [-0.2, 0) is 0 Å². The van der Waals surface area contributed by atoms with Gasteiger partial charge in [-0.25, -0.2) is 9.97 Å². The Hall–Kier alpha value is -1.73. The van der Waals surface area contributed by atoms with Crippen LogP contribution < -0.4 is 5.32 Å². The van der Waals surface area contributed by atoms with Crippen molar-refractivity contribution in [1.29, 1.82) is 0 Å². The predicted octanol–water partition coefficient (Wildman–Crippen LogP) is 0.401. The number of aromatic nitrogens is 4. The Balaban J connectivity index is 1.61. The molecule has 0 aromatic carbocycles. The number of rotatable bonds is 4. The molecule has 0 saturated carbocycles. The highest BCUT2D eigenvalue weighted by molar-refractivity contribution is 5.85. The Labute approximate surface area is 118 Å². The number of piperazine rings is 1. The molecule has 1 aliphatic rings. The number of fused-ring (bicyclic) bond motifs is 1. The Morgan fingerprint density at radius 1 is 1.30 bits per heavy atom. The largest absolute Gasteiger partial charge is 0.366 e. The zero-order valence-corrected chi connectivity index (χ0v) is 12.0. The van der Waals surface area contributed by atoms with Crippen LogP contribution in [0, 0.1) is 0 Å². The SMILES string of the molecule is CC(CN1CCN(C)CC1)Nc1ncnc2[nH]ncc12. The summed E-state index contributed by atoms with van der Waals surface area (Å²) in [6.45, 7) is 7.77. The van der Waals surface area contributed by atoms with E-state index >= 15 is 0 Å². The summed E-state index contributed by atoms with van der Waals surface area (Å²) >= 11 is 0. The quantitative estimate of drug-likeness (QED) is 0.841. The van der Waals surface area contributed by atoms with Crippen molar-refractivity contribution in [1.82, 2.24) is 30.0 Å². The Bertz CT molecular complexity index is 559. The molecule has 0 bridgehead atoms. The van der Waals surface area contributed by atoms with E-state index in [0.717, 1.165) is 49.6 Å². The van der Waals surface area contributed by atoms with E-state index < -0.39 is 0 Å². The molecular formula is C13H21N7. The first-order chi connectivity index (χ1) is 9.72. The first-order valence-corrected chi connectivity index (χ1v) is 7.04. The number of likely N-dealkylation sites (N-methyl/N-ethyl adjacent to an activating group) is 1. The first kappa shape index (κ1) is 13.3. The third-order valence-corrected chi connectivity index (χ3v) is 3.76. The maximum absolute atomic E-state index is 4.32. The molecule has 2 aromatic rings. The summed E-state index contributed by atoms with van der Waals surface area (Å²) in [4.78, 5) is 13.3. The molecule has 0 amide bonds. The summed E-state index contributed by atoms with van der Waals surface area (Å²) in [5.74, 6) is 0.852. The van der Waals surface area contributed by atoms with Crippen LogP contribution >= 0.6 is 0 Å². The van der Waals surface area contributed by atoms with Crippen LogP contribution in [-0.4, -0.2) is 75.8 Å². The van der Waals surface area contributed by atoms with E-state index in [1.54, 1.807) is 12.5 Å². The molecule has 2 aromatic heterocycles. The summed E-state index contributed by atoms with van der Waals surface area (Å²) in [7, 11) is 2.18. The lowest BCUT2D eigenvalue weighted by Gasteiger charge is -2.34. The minimum atomic E-state index is 0.339. The molecular weight excluding hydrogens is 254 g/mol. The second-order valence-corrected chi connectivity index (χ2v) is 5.50. The molecule has 3 heterocycles. The summed E-state index contributed by atoms with van der Waals surface area (Å²) in [5.41, 5.74) is 0.772. The number of nitrogens with zero attached hydrogens (tertiary/aromatic N) is 5. The van der Waals surface area contributed by atoms with Crippen molar-refractivity contribution in [2.45, 2.75) is 13.0 Å². The molecule has 2 N–H and O–H groups in total. The average Bonchev–Trinajstić information content (AvgIpc) is 2.91. The van der Waals surface area contributed by atoms with E-state index in [9.17, 15) is 0 Å². The maximum atomic E-state index is 4.32. The summed E-state index contributed by atoms with van der Waals surface area (Å²) in [6, 6.07) is 0.339. The van der Waals surface area contributed by atoms with Crippen LogP contribution in [0.15, 0.2) is 12.5 Å². The van der Waals surface area contributed by atoms with E-state index in [0.29, 0.717) is 6.04 Å². The van der Waals surface area contributed by atoms with Crippen LogP contribution in [0.25, 0.3) is 11.0 Å². The van der Waals surface area contributed by atoms with Gasteiger partial charge in [-0.2, -0.15) is 5.10 Å². The van der Waals surface area contributed by atoms with Gasteiger partial charge in [-0.15, -0.1) is 0 Å². The Kier molecular flexibility index (Phi) is 3.79. The molecule has 0 spiro atoms. The van der Waals surface area contributed by atoms with Gasteiger partial charge in [0.25, 0.3) is 0 Å². The number of nitrogens with one attached hydrogen (secondary N) is 2. The third-order valence-electron chi connectivity index (χ3n) is 3.76. The highest BCUT2D eigenvalue weighted by Crippen LogP contribution is 2.17. The second kappa shape index (κ2) is 5.72. The number of H-pyrrole nitrogens is 1. The van der Waals surface area contributed by atoms with Crippen molar-refractivity contribution in [2.75, 3.05) is 45.1 Å². The molecule has 1 saturated heterocycles. The smallest absolute Gasteiger partial charge is 0.160 e. The van der Waals surface area contributed by atoms with Gasteiger partial charge in [0.1, 0.15) is 12.1 Å². The molecule has 1 atom stereocenters. The Morgan fingerprint density at radius 3 is 2.90 bits per heavy atom. The molecule has 7 heteroatoms. The standard InChI is InChI=1S/C13H21N7/c1-10(8-20-5-3-19(2)4-6-20)17-12-11-7-16-18-13(11)15-9-14-12/h7,9-10H,3-6,8H2,1-2H3,(H2,14,15,16,17,18). The zero-order valence-electron chi connectivity index (χ0n) is 12.0. The molecule has 1 aliphatic heterocycles. The van der Waals surface area contributed by atoms with Gasteiger partial charge < -0.3 is 10.2 Å². The summed E-state index contributed by atoms with van der Waals surface area (Å²) in [6.07, 6.45) is 3.33. The predicted molar refractivity (Wildman–Crippen MR) is 78.7 cm³/mol. The van der Waals surface area contributed by atoms with Crippen molar-refractivity contribution in [3.63, 3.8) is 0 Å². The molecule has 0 radical (unpaired) electrons. The minimum absolute atomic E-state index is 0.339. The minimum Gasteiger partial charge on any atom is -0.366 e. The highest BCUT2D eigenvalue weighted by Gasteiger charge is 2.16. The maximum Gasteiger partial charge on any atom is 0.160 e. The van der Waals surface area contributed by atoms with Gasteiger partial charge in [-0.1, -0.05) is 0 Å². The molecule has 7 nitrogen and oxygen atoms in total. The number of aromatic amines is 1. The molecule has 0 aliphatic carbocycles. The lowest BCUT2D eigenvalue weighted by molar-refractivity contribution is 0.151. The number of anilines is 1. The Morgan fingerprint density at radius 2 is 2.10 bits per heavy atom. The van der Waals surface area contributed by atoms with Gasteiger partial charge in [-0.05, 0) is 14.0 Å². The highest BCUT2D eigenvalue weighted by atomic mass is 15.3. The van der Waals surface area contributed by atoms with E-state index in [4.69, 9.17) is 0 Å². The zero-order chi connectivity index (χ0) is 13.9. The van der Waals surface area contributed by atoms with Crippen molar-refractivity contribution in [3.8, 4) is 0 Å². The van der Waals surface area contributed by atoms with Gasteiger partial charge in [0.05, 0.1) is 11.6 Å². The summed E-state index contributed by atoms with van der Waals surface area (Å²) in [5, 5.41) is 11.3. The third kappa shape index (κ3) is 2.88. The van der Waals surface area contributed by atoms with Crippen LogP contribution in [0.3, 0.4) is 0 Å². The van der Waals surface area contributed by atoms with Crippen molar-refractivity contribution in [2.24, 2.45) is 0 Å². The number of hydrogen-bond acceptors (Lipinski definition) is 6. The van der Waals surface area contributed by atoms with Crippen LogP contribution in [0.5, 0.6) is 0 Å². The van der Waals surface area contributed by atoms with Crippen LogP contribution in [0.2, 0.25) is 0 Å². The van der Waals surface area contributed by atoms with Crippen LogP contribution in [0.1, 0.15) is 6.92 Å². The molecule has 1 fully saturated rings. The van der Waals surface area contributed by atoms with E-state index in [1.807, 2.05) is 0 Å². The fourth-order valence-corrected chi connectivity index (χ4v) is 2.58. The van der Waals surface area contributed by atoms with Gasteiger partial charge in [-0.3, -0.25) is 10.00 Å². The second-order valence-electron chi connectivity index (χ2n) is 5.50. The van der Waals surface area contributed by atoms with Crippen molar-refractivity contribution in [3.05, 3.63) is 12.5 Å².